The van der Waals surface area contributed by atoms with Gasteiger partial charge in [-0.1, -0.05) is 36.6 Å². The van der Waals surface area contributed by atoms with Crippen LogP contribution in [0.15, 0.2) is 48.5 Å². The summed E-state index contributed by atoms with van der Waals surface area (Å²) in [5.41, 5.74) is 8.76. The number of hydrogen-bond donors (Lipinski definition) is 2. The molecule has 0 spiro atoms. The van der Waals surface area contributed by atoms with Crippen LogP contribution in [0, 0.1) is 0 Å². The SMILES string of the molecule is Cn1c(C(=O)CCCCCCC(=O)Nc2ccccc2N)cc2cc(Cl)ccc21. The number of carbonyl (C=O) groups excluding carboxylic acids is 2. The second kappa shape index (κ2) is 9.61. The molecule has 2 aromatic carbocycles. The molecular weight excluding hydrogens is 386 g/mol. The number of ketones is 1. The monoisotopic (exact) mass is 411 g/mol. The van der Waals surface area contributed by atoms with Crippen LogP contribution in [0.4, 0.5) is 11.4 Å². The molecule has 1 heterocycles. The van der Waals surface area contributed by atoms with Gasteiger partial charge in [0.2, 0.25) is 5.91 Å². The van der Waals surface area contributed by atoms with Crippen molar-refractivity contribution < 1.29 is 9.59 Å². The van der Waals surface area contributed by atoms with Gasteiger partial charge in [0.25, 0.3) is 0 Å². The van der Waals surface area contributed by atoms with Crippen molar-refractivity contribution in [1.29, 1.82) is 0 Å². The van der Waals surface area contributed by atoms with Gasteiger partial charge in [-0.15, -0.1) is 0 Å². The highest BCUT2D eigenvalue weighted by molar-refractivity contribution is 6.31. The molecule has 0 saturated heterocycles. The van der Waals surface area contributed by atoms with Gasteiger partial charge in [-0.05, 0) is 49.2 Å². The number of nitrogens with one attached hydrogen (secondary N) is 1. The minimum Gasteiger partial charge on any atom is -0.397 e. The third kappa shape index (κ3) is 5.39. The van der Waals surface area contributed by atoms with Crippen LogP contribution in [-0.2, 0) is 11.8 Å². The summed E-state index contributed by atoms with van der Waals surface area (Å²) in [5.74, 6) is 0.102. The molecule has 0 radical (unpaired) electrons. The molecule has 29 heavy (non-hydrogen) atoms. The third-order valence-electron chi connectivity index (χ3n) is 5.08. The molecule has 0 aliphatic rings. The molecule has 6 heteroatoms. The lowest BCUT2D eigenvalue weighted by molar-refractivity contribution is -0.116. The fourth-order valence-electron chi connectivity index (χ4n) is 3.46. The Morgan fingerprint density at radius 1 is 1.00 bits per heavy atom. The van der Waals surface area contributed by atoms with E-state index in [4.69, 9.17) is 17.3 Å². The number of amides is 1. The summed E-state index contributed by atoms with van der Waals surface area (Å²) in [5, 5.41) is 4.48. The Morgan fingerprint density at radius 2 is 1.72 bits per heavy atom. The molecule has 0 unspecified atom stereocenters. The number of anilines is 2. The Hall–Kier alpha value is -2.79. The molecule has 1 aromatic heterocycles. The number of unbranched alkanes of at least 4 members (excludes halogenated alkanes) is 3. The van der Waals surface area contributed by atoms with Crippen molar-refractivity contribution in [2.75, 3.05) is 11.1 Å². The van der Waals surface area contributed by atoms with Crippen molar-refractivity contribution in [3.05, 3.63) is 59.2 Å². The molecule has 0 fully saturated rings. The Bertz CT molecular complexity index is 1030. The average Bonchev–Trinajstić information content (AvgIpc) is 3.02. The first-order valence-corrected chi connectivity index (χ1v) is 10.3. The number of aromatic nitrogens is 1. The van der Waals surface area contributed by atoms with Crippen LogP contribution in [0.2, 0.25) is 5.02 Å². The second-order valence-electron chi connectivity index (χ2n) is 7.26. The molecule has 3 rings (SSSR count). The van der Waals surface area contributed by atoms with Crippen molar-refractivity contribution in [3.8, 4) is 0 Å². The average molecular weight is 412 g/mol. The zero-order chi connectivity index (χ0) is 20.8. The first kappa shape index (κ1) is 20.9. The number of para-hydroxylation sites is 2. The summed E-state index contributed by atoms with van der Waals surface area (Å²) in [4.78, 5) is 24.6. The zero-order valence-electron chi connectivity index (χ0n) is 16.6. The Balaban J connectivity index is 1.38. The van der Waals surface area contributed by atoms with E-state index in [0.29, 0.717) is 34.9 Å². The van der Waals surface area contributed by atoms with Crippen molar-refractivity contribution in [2.24, 2.45) is 7.05 Å². The van der Waals surface area contributed by atoms with Crippen LogP contribution >= 0.6 is 11.6 Å². The quantitative estimate of drug-likeness (QED) is 0.274. The number of aryl methyl sites for hydroxylation is 1. The zero-order valence-corrected chi connectivity index (χ0v) is 17.3. The molecule has 0 bridgehead atoms. The van der Waals surface area contributed by atoms with Crippen molar-refractivity contribution in [3.63, 3.8) is 0 Å². The van der Waals surface area contributed by atoms with Gasteiger partial charge in [0.05, 0.1) is 17.1 Å². The number of nitrogens with two attached hydrogens (primary N) is 1. The first-order valence-electron chi connectivity index (χ1n) is 9.88. The van der Waals surface area contributed by atoms with Crippen LogP contribution in [0.3, 0.4) is 0 Å². The summed E-state index contributed by atoms with van der Waals surface area (Å²) in [6.07, 6.45) is 4.39. The third-order valence-corrected chi connectivity index (χ3v) is 5.32. The summed E-state index contributed by atoms with van der Waals surface area (Å²) in [6, 6.07) is 14.8. The molecule has 3 N–H and O–H groups in total. The highest BCUT2D eigenvalue weighted by Crippen LogP contribution is 2.24. The van der Waals surface area contributed by atoms with Crippen molar-refractivity contribution >= 4 is 45.6 Å². The maximum atomic E-state index is 12.6. The predicted molar refractivity (Wildman–Crippen MR) is 119 cm³/mol. The van der Waals surface area contributed by atoms with Gasteiger partial charge in [0.15, 0.2) is 5.78 Å². The van der Waals surface area contributed by atoms with E-state index in [0.717, 1.165) is 36.6 Å². The number of fused-ring (bicyclic) bond motifs is 1. The fraction of sp³-hybridized carbons (Fsp3) is 0.304. The minimum absolute atomic E-state index is 0.0341. The lowest BCUT2D eigenvalue weighted by Gasteiger charge is -2.07. The van der Waals surface area contributed by atoms with E-state index < -0.39 is 0 Å². The van der Waals surface area contributed by atoms with Crippen LogP contribution in [0.1, 0.15) is 49.0 Å². The number of hydrogen-bond acceptors (Lipinski definition) is 3. The Kier molecular flexibility index (Phi) is 6.94. The van der Waals surface area contributed by atoms with E-state index in [1.54, 1.807) is 12.1 Å². The maximum Gasteiger partial charge on any atom is 0.224 e. The number of rotatable bonds is 9. The van der Waals surface area contributed by atoms with Crippen LogP contribution in [0.5, 0.6) is 0 Å². The van der Waals surface area contributed by atoms with Gasteiger partial charge < -0.3 is 15.6 Å². The molecule has 5 nitrogen and oxygen atoms in total. The van der Waals surface area contributed by atoms with E-state index >= 15 is 0 Å². The topological polar surface area (TPSA) is 77.1 Å². The summed E-state index contributed by atoms with van der Waals surface area (Å²) < 4.78 is 1.92. The van der Waals surface area contributed by atoms with Gasteiger partial charge in [0, 0.05) is 35.8 Å². The summed E-state index contributed by atoms with van der Waals surface area (Å²) in [7, 11) is 1.90. The van der Waals surface area contributed by atoms with E-state index in [9.17, 15) is 9.59 Å². The molecule has 0 aliphatic carbocycles. The number of Topliss-reactive ketones (excluding diaryl/α,β-unsaturated/α-hetero) is 1. The Labute approximate surface area is 175 Å². The van der Waals surface area contributed by atoms with Crippen LogP contribution < -0.4 is 11.1 Å². The van der Waals surface area contributed by atoms with E-state index in [1.165, 1.54) is 0 Å². The number of nitrogens with zero attached hydrogens (tertiary/aromatic N) is 1. The summed E-state index contributed by atoms with van der Waals surface area (Å²) >= 11 is 6.04. The van der Waals surface area contributed by atoms with E-state index in [-0.39, 0.29) is 11.7 Å². The van der Waals surface area contributed by atoms with E-state index in [1.807, 2.05) is 48.0 Å². The molecule has 3 aromatic rings. The fourth-order valence-corrected chi connectivity index (χ4v) is 3.64. The number of carbonyl (C=O) groups is 2. The number of nitrogen functional groups attached to an aromatic ring is 1. The van der Waals surface area contributed by atoms with Crippen molar-refractivity contribution in [1.82, 2.24) is 4.57 Å². The molecule has 0 saturated carbocycles. The number of halogens is 1. The van der Waals surface area contributed by atoms with Gasteiger partial charge in [-0.3, -0.25) is 9.59 Å². The number of benzene rings is 2. The summed E-state index contributed by atoms with van der Waals surface area (Å²) in [6.45, 7) is 0. The smallest absolute Gasteiger partial charge is 0.224 e. The Morgan fingerprint density at radius 3 is 2.48 bits per heavy atom. The van der Waals surface area contributed by atoms with Gasteiger partial charge in [-0.2, -0.15) is 0 Å². The highest BCUT2D eigenvalue weighted by atomic mass is 35.5. The van der Waals surface area contributed by atoms with Gasteiger partial charge in [-0.25, -0.2) is 0 Å². The lowest BCUT2D eigenvalue weighted by Crippen LogP contribution is -2.12. The van der Waals surface area contributed by atoms with Crippen LogP contribution in [-0.4, -0.2) is 16.3 Å². The first-order chi connectivity index (χ1) is 14.0. The van der Waals surface area contributed by atoms with Crippen molar-refractivity contribution in [2.45, 2.75) is 38.5 Å². The van der Waals surface area contributed by atoms with Gasteiger partial charge >= 0.3 is 0 Å². The standard InChI is InChI=1S/C23H26ClN3O2/c1-27-20-13-12-17(24)14-16(20)15-21(27)22(28)10-4-2-3-5-11-23(29)26-19-9-7-6-8-18(19)25/h6-9,12-15H,2-5,10-11,25H2,1H3,(H,26,29). The normalized spacial score (nSPS) is 11.0. The largest absolute Gasteiger partial charge is 0.397 e. The minimum atomic E-state index is -0.0341. The molecule has 0 aliphatic heterocycles. The predicted octanol–water partition coefficient (Wildman–Crippen LogP) is 5.58. The van der Waals surface area contributed by atoms with Gasteiger partial charge in [0.1, 0.15) is 0 Å². The van der Waals surface area contributed by atoms with E-state index in [2.05, 4.69) is 5.32 Å². The van der Waals surface area contributed by atoms with Crippen LogP contribution in [0.25, 0.3) is 10.9 Å². The molecule has 1 amide bonds. The maximum absolute atomic E-state index is 12.6. The second-order valence-corrected chi connectivity index (χ2v) is 7.70. The molecule has 0 atom stereocenters. The lowest BCUT2D eigenvalue weighted by atomic mass is 10.1. The molecular formula is C23H26ClN3O2. The highest BCUT2D eigenvalue weighted by Gasteiger charge is 2.13. The molecule has 152 valence electrons.